The Balaban J connectivity index is 2.34. The van der Waals surface area contributed by atoms with Gasteiger partial charge in [-0.05, 0) is 26.3 Å². The third-order valence-corrected chi connectivity index (χ3v) is 4.62. The Kier molecular flexibility index (Phi) is 11.0. The number of hydrogen-bond donors (Lipinski definition) is 0. The minimum absolute atomic E-state index is 0.121. The van der Waals surface area contributed by atoms with Gasteiger partial charge in [0.1, 0.15) is 0 Å². The van der Waals surface area contributed by atoms with Crippen LogP contribution in [0.15, 0.2) is 6.07 Å². The summed E-state index contributed by atoms with van der Waals surface area (Å²) in [5, 5.41) is -0.371. The molecule has 0 aliphatic rings. The first-order chi connectivity index (χ1) is 13.3. The topological polar surface area (TPSA) is 57.2 Å². The molecule has 0 heterocycles. The van der Waals surface area contributed by atoms with Crippen LogP contribution >= 0.6 is 0 Å². The van der Waals surface area contributed by atoms with E-state index in [1.165, 1.54) is 0 Å². The molecule has 0 saturated carbocycles. The lowest BCUT2D eigenvalue weighted by molar-refractivity contribution is -0.243. The lowest BCUT2D eigenvalue weighted by atomic mass is 10.3. The SMILES string of the molecule is CCOC(OCC)O[SiH2]CCCCN(F)C(=O)Oc1cc(F)c(F)c(F)c1F. The molecule has 6 nitrogen and oxygen atoms in total. The van der Waals surface area contributed by atoms with Crippen molar-refractivity contribution in [3.63, 3.8) is 0 Å². The van der Waals surface area contributed by atoms with E-state index in [0.29, 0.717) is 25.7 Å². The van der Waals surface area contributed by atoms with E-state index in [1.54, 1.807) is 13.8 Å². The van der Waals surface area contributed by atoms with E-state index in [1.807, 2.05) is 0 Å². The first-order valence-electron chi connectivity index (χ1n) is 8.64. The van der Waals surface area contributed by atoms with Crippen LogP contribution in [-0.4, -0.2) is 47.2 Å². The van der Waals surface area contributed by atoms with E-state index < -0.39 is 51.4 Å². The molecule has 0 atom stereocenters. The predicted molar refractivity (Wildman–Crippen MR) is 90.8 cm³/mol. The van der Waals surface area contributed by atoms with Crippen LogP contribution in [0.25, 0.3) is 0 Å². The summed E-state index contributed by atoms with van der Waals surface area (Å²) in [5.41, 5.74) is 0. The first kappa shape index (κ1) is 24.3. The van der Waals surface area contributed by atoms with Crippen molar-refractivity contribution in [1.29, 1.82) is 0 Å². The summed E-state index contributed by atoms with van der Waals surface area (Å²) in [4.78, 5) is 11.5. The summed E-state index contributed by atoms with van der Waals surface area (Å²) in [7, 11) is -0.982. The fraction of sp³-hybridized carbons (Fsp3) is 0.562. The molecule has 0 aliphatic heterocycles. The molecule has 1 aromatic rings. The standard InChI is InChI=1S/C16H22F5NO5Si/c1-3-24-16(25-4-2)27-28-8-6-5-7-22(21)15(23)26-11-9-10(17)12(18)14(20)13(11)19/h9,16H,3-8,28H2,1-2H3. The number of benzene rings is 1. The Bertz CT molecular complexity index is 634. The van der Waals surface area contributed by atoms with Crippen LogP contribution in [0.2, 0.25) is 6.04 Å². The average molecular weight is 431 g/mol. The summed E-state index contributed by atoms with van der Waals surface area (Å²) in [6.45, 7) is 3.35. The quantitative estimate of drug-likeness (QED) is 0.0963. The molecule has 0 spiro atoms. The monoisotopic (exact) mass is 431 g/mol. The molecule has 160 valence electrons. The van der Waals surface area contributed by atoms with Crippen LogP contribution in [-0.2, 0) is 13.9 Å². The largest absolute Gasteiger partial charge is 0.443 e. The van der Waals surface area contributed by atoms with E-state index in [-0.39, 0.29) is 24.2 Å². The zero-order valence-electron chi connectivity index (χ0n) is 15.5. The number of carbonyl (C=O) groups excluding carboxylic acids is 1. The van der Waals surface area contributed by atoms with Crippen molar-refractivity contribution in [2.75, 3.05) is 19.8 Å². The van der Waals surface area contributed by atoms with Gasteiger partial charge >= 0.3 is 6.09 Å². The molecule has 0 fully saturated rings. The maximum atomic E-state index is 13.6. The molecule has 1 rings (SSSR count). The number of unbranched alkanes of at least 4 members (excludes halogenated alkanes) is 1. The van der Waals surface area contributed by atoms with Gasteiger partial charge in [0.25, 0.3) is 6.48 Å². The molecule has 12 heteroatoms. The predicted octanol–water partition coefficient (Wildman–Crippen LogP) is 3.58. The number of rotatable bonds is 12. The van der Waals surface area contributed by atoms with E-state index in [4.69, 9.17) is 13.9 Å². The number of amides is 1. The zero-order valence-corrected chi connectivity index (χ0v) is 16.9. The van der Waals surface area contributed by atoms with Gasteiger partial charge in [-0.3, -0.25) is 0 Å². The highest BCUT2D eigenvalue weighted by Gasteiger charge is 2.24. The van der Waals surface area contributed by atoms with Crippen LogP contribution < -0.4 is 4.74 Å². The van der Waals surface area contributed by atoms with Crippen molar-refractivity contribution in [2.24, 2.45) is 0 Å². The van der Waals surface area contributed by atoms with Crippen LogP contribution in [0.5, 0.6) is 5.75 Å². The highest BCUT2D eigenvalue weighted by Crippen LogP contribution is 2.25. The number of carbonyl (C=O) groups is 1. The molecule has 0 aromatic heterocycles. The normalized spacial score (nSPS) is 11.6. The van der Waals surface area contributed by atoms with Crippen molar-refractivity contribution in [3.8, 4) is 5.75 Å². The molecule has 0 unspecified atom stereocenters. The van der Waals surface area contributed by atoms with Gasteiger partial charge in [-0.15, -0.1) is 5.12 Å². The van der Waals surface area contributed by atoms with Crippen molar-refractivity contribution in [3.05, 3.63) is 29.3 Å². The number of ether oxygens (including phenoxy) is 3. The van der Waals surface area contributed by atoms with Crippen molar-refractivity contribution in [2.45, 2.75) is 39.2 Å². The van der Waals surface area contributed by atoms with Gasteiger partial charge in [0.05, 0.1) is 6.54 Å². The maximum Gasteiger partial charge on any atom is 0.443 e. The third kappa shape index (κ3) is 7.70. The molecular formula is C16H22F5NO5Si. The fourth-order valence-corrected chi connectivity index (χ4v) is 3.10. The number of halogens is 5. The van der Waals surface area contributed by atoms with Crippen LogP contribution in [0.1, 0.15) is 26.7 Å². The second-order valence-corrected chi connectivity index (χ2v) is 6.83. The second-order valence-electron chi connectivity index (χ2n) is 5.38. The van der Waals surface area contributed by atoms with Gasteiger partial charge in [0, 0.05) is 19.3 Å². The lowest BCUT2D eigenvalue weighted by Crippen LogP contribution is -2.27. The molecule has 0 aliphatic carbocycles. The summed E-state index contributed by atoms with van der Waals surface area (Å²) >= 11 is 0. The molecule has 1 aromatic carbocycles. The Morgan fingerprint density at radius 3 is 2.32 bits per heavy atom. The van der Waals surface area contributed by atoms with Crippen LogP contribution in [0, 0.1) is 23.3 Å². The summed E-state index contributed by atoms with van der Waals surface area (Å²) in [6.07, 6.45) is -0.908. The highest BCUT2D eigenvalue weighted by atomic mass is 28.2. The van der Waals surface area contributed by atoms with Gasteiger partial charge < -0.3 is 18.6 Å². The van der Waals surface area contributed by atoms with Gasteiger partial charge in [0.2, 0.25) is 11.6 Å². The summed E-state index contributed by atoms with van der Waals surface area (Å²) < 4.78 is 86.1. The number of hydrogen-bond acceptors (Lipinski definition) is 5. The molecule has 0 radical (unpaired) electrons. The number of nitrogens with zero attached hydrogens (tertiary/aromatic N) is 1. The first-order valence-corrected chi connectivity index (χ1v) is 10.2. The Hall–Kier alpha value is -1.76. The van der Waals surface area contributed by atoms with Crippen molar-refractivity contribution < 1.29 is 45.5 Å². The third-order valence-electron chi connectivity index (χ3n) is 3.32. The second kappa shape index (κ2) is 12.6. The minimum Gasteiger partial charge on any atom is -0.405 e. The van der Waals surface area contributed by atoms with Crippen LogP contribution in [0.3, 0.4) is 0 Å². The summed E-state index contributed by atoms with van der Waals surface area (Å²) in [5.74, 6) is -9.16. The Morgan fingerprint density at radius 2 is 1.71 bits per heavy atom. The molecule has 1 amide bonds. The maximum absolute atomic E-state index is 13.6. The van der Waals surface area contributed by atoms with Crippen molar-refractivity contribution in [1.82, 2.24) is 5.12 Å². The van der Waals surface area contributed by atoms with Crippen molar-refractivity contribution >= 4 is 15.9 Å². The smallest absolute Gasteiger partial charge is 0.405 e. The average Bonchev–Trinajstić information content (AvgIpc) is 2.67. The fourth-order valence-electron chi connectivity index (χ4n) is 1.99. The molecule has 0 bridgehead atoms. The minimum atomic E-state index is -2.16. The molecule has 0 saturated heterocycles. The van der Waals surface area contributed by atoms with E-state index in [0.717, 1.165) is 0 Å². The Labute approximate surface area is 161 Å². The summed E-state index contributed by atoms with van der Waals surface area (Å²) in [6, 6.07) is 0.776. The highest BCUT2D eigenvalue weighted by molar-refractivity contribution is 6.27. The zero-order chi connectivity index (χ0) is 21.1. The van der Waals surface area contributed by atoms with Gasteiger partial charge in [-0.25, -0.2) is 18.0 Å². The van der Waals surface area contributed by atoms with E-state index in [9.17, 15) is 26.8 Å². The molecular weight excluding hydrogens is 409 g/mol. The molecule has 28 heavy (non-hydrogen) atoms. The van der Waals surface area contributed by atoms with Crippen LogP contribution in [0.4, 0.5) is 26.8 Å². The lowest BCUT2D eigenvalue weighted by Gasteiger charge is -2.17. The van der Waals surface area contributed by atoms with Gasteiger partial charge in [-0.1, -0.05) is 10.9 Å². The Morgan fingerprint density at radius 1 is 1.07 bits per heavy atom. The van der Waals surface area contributed by atoms with E-state index >= 15 is 0 Å². The molecule has 0 N–H and O–H groups in total. The van der Waals surface area contributed by atoms with E-state index in [2.05, 4.69) is 4.74 Å². The van der Waals surface area contributed by atoms with Gasteiger partial charge in [-0.2, -0.15) is 4.39 Å². The van der Waals surface area contributed by atoms with Gasteiger partial charge in [0.15, 0.2) is 27.1 Å².